The van der Waals surface area contributed by atoms with Gasteiger partial charge in [0, 0.05) is 36.8 Å². The topological polar surface area (TPSA) is 107 Å². The van der Waals surface area contributed by atoms with Gasteiger partial charge < -0.3 is 16.8 Å². The van der Waals surface area contributed by atoms with Gasteiger partial charge in [-0.3, -0.25) is 10.1 Å². The molecule has 0 spiro atoms. The number of nitrogens with zero attached hydrogens (tertiary/aromatic N) is 1. The first kappa shape index (κ1) is 15.9. The number of hydrogen-bond acceptors (Lipinski definition) is 5. The van der Waals surface area contributed by atoms with Gasteiger partial charge in [0.25, 0.3) is 5.69 Å². The van der Waals surface area contributed by atoms with Crippen molar-refractivity contribution < 1.29 is 4.92 Å². The van der Waals surface area contributed by atoms with Crippen molar-refractivity contribution in [3.8, 4) is 0 Å². The van der Waals surface area contributed by atoms with Crippen LogP contribution in [0.4, 0.5) is 5.69 Å². The zero-order valence-electron chi connectivity index (χ0n) is 12.2. The van der Waals surface area contributed by atoms with E-state index in [1.807, 2.05) is 0 Å². The highest BCUT2D eigenvalue weighted by molar-refractivity contribution is 5.33. The Morgan fingerprint density at radius 2 is 1.95 bits per heavy atom. The fourth-order valence-electron chi connectivity index (χ4n) is 2.84. The van der Waals surface area contributed by atoms with E-state index >= 15 is 0 Å². The smallest absolute Gasteiger partial charge is 0.269 e. The molecule has 21 heavy (non-hydrogen) atoms. The Morgan fingerprint density at radius 3 is 2.57 bits per heavy atom. The van der Waals surface area contributed by atoms with E-state index in [-0.39, 0.29) is 17.8 Å². The summed E-state index contributed by atoms with van der Waals surface area (Å²) in [5, 5.41) is 14.1. The van der Waals surface area contributed by atoms with Gasteiger partial charge >= 0.3 is 0 Å². The summed E-state index contributed by atoms with van der Waals surface area (Å²) in [6.45, 7) is 0.718. The second-order valence-electron chi connectivity index (χ2n) is 5.85. The second-order valence-corrected chi connectivity index (χ2v) is 5.85. The van der Waals surface area contributed by atoms with Crippen molar-refractivity contribution in [3.63, 3.8) is 0 Å². The maximum absolute atomic E-state index is 10.6. The number of rotatable bonds is 6. The molecule has 0 heterocycles. The van der Waals surface area contributed by atoms with Gasteiger partial charge in [0.15, 0.2) is 0 Å². The SMILES string of the molecule is N[C@@H](CN[C@H]1CCCC[C@@H]1N)Cc1ccc([N+](=O)[O-])cc1. The van der Waals surface area contributed by atoms with Crippen LogP contribution in [0.5, 0.6) is 0 Å². The monoisotopic (exact) mass is 292 g/mol. The minimum atomic E-state index is -0.393. The van der Waals surface area contributed by atoms with Gasteiger partial charge in [0.1, 0.15) is 0 Å². The Kier molecular flexibility index (Phi) is 5.67. The molecule has 6 heteroatoms. The maximum atomic E-state index is 10.6. The fourth-order valence-corrected chi connectivity index (χ4v) is 2.84. The molecule has 1 aliphatic carbocycles. The van der Waals surface area contributed by atoms with E-state index in [1.54, 1.807) is 12.1 Å². The van der Waals surface area contributed by atoms with Gasteiger partial charge in [-0.15, -0.1) is 0 Å². The van der Waals surface area contributed by atoms with Gasteiger partial charge in [-0.25, -0.2) is 0 Å². The molecule has 0 aliphatic heterocycles. The second kappa shape index (κ2) is 7.49. The van der Waals surface area contributed by atoms with Gasteiger partial charge in [0.05, 0.1) is 4.92 Å². The van der Waals surface area contributed by atoms with Gasteiger partial charge in [0.2, 0.25) is 0 Å². The first-order valence-corrected chi connectivity index (χ1v) is 7.54. The fraction of sp³-hybridized carbons (Fsp3) is 0.600. The predicted molar refractivity (Wildman–Crippen MR) is 83.0 cm³/mol. The molecule has 0 aromatic heterocycles. The minimum absolute atomic E-state index is 0.0133. The molecular weight excluding hydrogens is 268 g/mol. The summed E-state index contributed by atoms with van der Waals surface area (Å²) in [7, 11) is 0. The van der Waals surface area contributed by atoms with Crippen molar-refractivity contribution in [3.05, 3.63) is 39.9 Å². The summed E-state index contributed by atoms with van der Waals surface area (Å²) in [6.07, 6.45) is 5.34. The molecule has 0 amide bonds. The number of nitro benzene ring substituents is 1. The summed E-state index contributed by atoms with van der Waals surface area (Å²) < 4.78 is 0. The van der Waals surface area contributed by atoms with Gasteiger partial charge in [-0.1, -0.05) is 25.0 Å². The van der Waals surface area contributed by atoms with Crippen LogP contribution in [0, 0.1) is 10.1 Å². The summed E-state index contributed by atoms with van der Waals surface area (Å²) >= 11 is 0. The van der Waals surface area contributed by atoms with E-state index in [2.05, 4.69) is 5.32 Å². The highest BCUT2D eigenvalue weighted by Gasteiger charge is 2.21. The predicted octanol–water partition coefficient (Wildman–Crippen LogP) is 1.32. The lowest BCUT2D eigenvalue weighted by Crippen LogP contribution is -2.50. The van der Waals surface area contributed by atoms with Crippen LogP contribution in [0.2, 0.25) is 0 Å². The number of nitrogens with one attached hydrogen (secondary N) is 1. The average Bonchev–Trinajstić information content (AvgIpc) is 2.47. The van der Waals surface area contributed by atoms with Crippen molar-refractivity contribution in [2.24, 2.45) is 11.5 Å². The molecule has 6 nitrogen and oxygen atoms in total. The first-order valence-electron chi connectivity index (χ1n) is 7.54. The van der Waals surface area contributed by atoms with E-state index in [4.69, 9.17) is 11.5 Å². The van der Waals surface area contributed by atoms with Crippen LogP contribution in [-0.2, 0) is 6.42 Å². The van der Waals surface area contributed by atoms with Crippen LogP contribution >= 0.6 is 0 Å². The Morgan fingerprint density at radius 1 is 1.29 bits per heavy atom. The highest BCUT2D eigenvalue weighted by Crippen LogP contribution is 2.17. The first-order chi connectivity index (χ1) is 10.1. The molecule has 1 fully saturated rings. The molecule has 1 aliphatic rings. The standard InChI is InChI=1S/C15H24N4O2/c16-12(10-18-15-4-2-1-3-14(15)17)9-11-5-7-13(8-6-11)19(20)21/h5-8,12,14-15,18H,1-4,9-10,16-17H2/t12-,14+,15+/m1/s1. The lowest BCUT2D eigenvalue weighted by molar-refractivity contribution is -0.384. The van der Waals surface area contributed by atoms with Crippen molar-refractivity contribution >= 4 is 5.69 Å². The molecule has 0 saturated heterocycles. The Hall–Kier alpha value is -1.50. The largest absolute Gasteiger partial charge is 0.326 e. The van der Waals surface area contributed by atoms with Crippen LogP contribution < -0.4 is 16.8 Å². The molecule has 1 aromatic rings. The molecule has 1 saturated carbocycles. The number of hydrogen-bond donors (Lipinski definition) is 3. The molecule has 5 N–H and O–H groups in total. The lowest BCUT2D eigenvalue weighted by atomic mass is 9.91. The third-order valence-electron chi connectivity index (χ3n) is 4.11. The van der Waals surface area contributed by atoms with E-state index in [1.165, 1.54) is 25.0 Å². The molecule has 3 atom stereocenters. The highest BCUT2D eigenvalue weighted by atomic mass is 16.6. The average molecular weight is 292 g/mol. The van der Waals surface area contributed by atoms with Crippen LogP contribution in [0.1, 0.15) is 31.2 Å². The zero-order valence-corrected chi connectivity index (χ0v) is 12.2. The van der Waals surface area contributed by atoms with Crippen molar-refractivity contribution in [2.75, 3.05) is 6.54 Å². The molecule has 0 unspecified atom stereocenters. The van der Waals surface area contributed by atoms with Crippen LogP contribution in [0.25, 0.3) is 0 Å². The molecule has 2 rings (SSSR count). The lowest BCUT2D eigenvalue weighted by Gasteiger charge is -2.30. The van der Waals surface area contributed by atoms with Crippen LogP contribution in [-0.4, -0.2) is 29.6 Å². The third-order valence-corrected chi connectivity index (χ3v) is 4.11. The van der Waals surface area contributed by atoms with E-state index in [9.17, 15) is 10.1 Å². The van der Waals surface area contributed by atoms with E-state index < -0.39 is 4.92 Å². The van der Waals surface area contributed by atoms with Crippen molar-refractivity contribution in [1.82, 2.24) is 5.32 Å². The number of non-ortho nitro benzene ring substituents is 1. The summed E-state index contributed by atoms with van der Waals surface area (Å²) in [4.78, 5) is 10.2. The molecule has 1 aromatic carbocycles. The Balaban J connectivity index is 1.78. The Bertz CT molecular complexity index is 463. The zero-order chi connectivity index (χ0) is 15.2. The molecular formula is C15H24N4O2. The van der Waals surface area contributed by atoms with Gasteiger partial charge in [-0.05, 0) is 24.8 Å². The number of benzene rings is 1. The van der Waals surface area contributed by atoms with E-state index in [0.29, 0.717) is 12.5 Å². The van der Waals surface area contributed by atoms with Gasteiger partial charge in [-0.2, -0.15) is 0 Å². The summed E-state index contributed by atoms with van der Waals surface area (Å²) in [5.74, 6) is 0. The third kappa shape index (κ3) is 4.77. The molecule has 0 bridgehead atoms. The van der Waals surface area contributed by atoms with Crippen LogP contribution in [0.3, 0.4) is 0 Å². The maximum Gasteiger partial charge on any atom is 0.269 e. The number of nitro groups is 1. The normalized spacial score (nSPS) is 23.7. The van der Waals surface area contributed by atoms with E-state index in [0.717, 1.165) is 24.9 Å². The summed E-state index contributed by atoms with van der Waals surface area (Å²) in [6, 6.07) is 7.15. The Labute approximate surface area is 125 Å². The minimum Gasteiger partial charge on any atom is -0.326 e. The number of nitrogens with two attached hydrogens (primary N) is 2. The quantitative estimate of drug-likeness (QED) is 0.541. The van der Waals surface area contributed by atoms with Crippen LogP contribution in [0.15, 0.2) is 24.3 Å². The molecule has 0 radical (unpaired) electrons. The van der Waals surface area contributed by atoms with Crippen molar-refractivity contribution in [2.45, 2.75) is 50.2 Å². The van der Waals surface area contributed by atoms with Crippen molar-refractivity contribution in [1.29, 1.82) is 0 Å². The summed E-state index contributed by atoms with van der Waals surface area (Å²) in [5.41, 5.74) is 13.4. The molecule has 116 valence electrons.